The number of pyridine rings is 1. The monoisotopic (exact) mass is 344 g/mol. The number of carbonyl (C=O) groups is 1. The molecule has 7 nitrogen and oxygen atoms in total. The van der Waals surface area contributed by atoms with Crippen molar-refractivity contribution in [3.8, 4) is 0 Å². The maximum Gasteiger partial charge on any atom is 0.253 e. The summed E-state index contributed by atoms with van der Waals surface area (Å²) in [5.41, 5.74) is 1.44. The van der Waals surface area contributed by atoms with Gasteiger partial charge in [-0.05, 0) is 25.0 Å². The molecule has 3 heterocycles. The fourth-order valence-corrected chi connectivity index (χ4v) is 2.83. The van der Waals surface area contributed by atoms with Crippen LogP contribution in [0.2, 0.25) is 0 Å². The number of nitrogens with zero attached hydrogens (tertiary/aromatic N) is 3. The normalized spacial score (nSPS) is 16.8. The Bertz CT molecular complexity index is 693. The van der Waals surface area contributed by atoms with Crippen molar-refractivity contribution in [2.45, 2.75) is 38.8 Å². The van der Waals surface area contributed by atoms with Crippen LogP contribution in [-0.4, -0.2) is 42.4 Å². The van der Waals surface area contributed by atoms with Crippen molar-refractivity contribution in [2.24, 2.45) is 0 Å². The van der Waals surface area contributed by atoms with Gasteiger partial charge in [0.05, 0.1) is 30.5 Å². The van der Waals surface area contributed by atoms with E-state index in [9.17, 15) is 4.79 Å². The van der Waals surface area contributed by atoms with Crippen LogP contribution in [0.25, 0.3) is 0 Å². The van der Waals surface area contributed by atoms with Gasteiger partial charge in [0.15, 0.2) is 5.76 Å². The lowest BCUT2D eigenvalue weighted by Crippen LogP contribution is -2.32. The summed E-state index contributed by atoms with van der Waals surface area (Å²) in [6, 6.07) is 5.87. The molecule has 1 fully saturated rings. The highest BCUT2D eigenvalue weighted by Crippen LogP contribution is 2.18. The van der Waals surface area contributed by atoms with Gasteiger partial charge in [0, 0.05) is 25.9 Å². The number of likely N-dealkylation sites (N-methyl/N-ethyl adjacent to an activating group) is 1. The van der Waals surface area contributed by atoms with Crippen molar-refractivity contribution in [3.63, 3.8) is 0 Å². The molecule has 0 saturated carbocycles. The number of anilines is 1. The number of amides is 1. The van der Waals surface area contributed by atoms with Gasteiger partial charge in [-0.3, -0.25) is 4.79 Å². The Kier molecular flexibility index (Phi) is 5.65. The molecule has 1 aliphatic rings. The first kappa shape index (κ1) is 17.4. The van der Waals surface area contributed by atoms with Gasteiger partial charge in [0.2, 0.25) is 0 Å². The fraction of sp³-hybridized carbons (Fsp3) is 0.500. The highest BCUT2D eigenvalue weighted by Gasteiger charge is 2.21. The smallest absolute Gasteiger partial charge is 0.253 e. The summed E-state index contributed by atoms with van der Waals surface area (Å²) in [5.74, 6) is 1.31. The molecular weight excluding hydrogens is 320 g/mol. The van der Waals surface area contributed by atoms with Crippen molar-refractivity contribution in [1.29, 1.82) is 0 Å². The van der Waals surface area contributed by atoms with E-state index in [1.54, 1.807) is 12.3 Å². The summed E-state index contributed by atoms with van der Waals surface area (Å²) >= 11 is 0. The molecule has 2 aromatic rings. The zero-order chi connectivity index (χ0) is 17.6. The van der Waals surface area contributed by atoms with E-state index < -0.39 is 0 Å². The number of hydrogen-bond acceptors (Lipinski definition) is 6. The molecular formula is C18H24N4O3. The third-order valence-electron chi connectivity index (χ3n) is 4.36. The average molecular weight is 344 g/mol. The maximum atomic E-state index is 12.2. The van der Waals surface area contributed by atoms with E-state index in [0.717, 1.165) is 44.0 Å². The predicted octanol–water partition coefficient (Wildman–Crippen LogP) is 2.18. The van der Waals surface area contributed by atoms with E-state index >= 15 is 0 Å². The van der Waals surface area contributed by atoms with Crippen LogP contribution in [0.3, 0.4) is 0 Å². The molecule has 0 bridgehead atoms. The molecule has 1 N–H and O–H groups in total. The lowest BCUT2D eigenvalue weighted by Gasteiger charge is -2.24. The minimum atomic E-state index is -0.181. The van der Waals surface area contributed by atoms with Crippen LogP contribution in [0.5, 0.6) is 0 Å². The molecule has 3 rings (SSSR count). The van der Waals surface area contributed by atoms with Crippen LogP contribution in [0.1, 0.15) is 41.6 Å². The van der Waals surface area contributed by atoms with E-state index in [1.807, 2.05) is 19.2 Å². The lowest BCUT2D eigenvalue weighted by atomic mass is 10.2. The summed E-state index contributed by atoms with van der Waals surface area (Å²) in [4.78, 5) is 18.7. The van der Waals surface area contributed by atoms with Crippen molar-refractivity contribution < 1.29 is 14.1 Å². The highest BCUT2D eigenvalue weighted by atomic mass is 16.5. The van der Waals surface area contributed by atoms with Crippen molar-refractivity contribution >= 4 is 11.7 Å². The average Bonchev–Trinajstić information content (AvgIpc) is 3.31. The Balaban J connectivity index is 1.54. The summed E-state index contributed by atoms with van der Waals surface area (Å²) in [5, 5.41) is 6.80. The van der Waals surface area contributed by atoms with Gasteiger partial charge >= 0.3 is 0 Å². The van der Waals surface area contributed by atoms with Crippen LogP contribution >= 0.6 is 0 Å². The van der Waals surface area contributed by atoms with Crippen LogP contribution in [0.4, 0.5) is 5.82 Å². The zero-order valence-electron chi connectivity index (χ0n) is 14.7. The van der Waals surface area contributed by atoms with Crippen LogP contribution in [0.15, 0.2) is 28.9 Å². The number of aromatic nitrogens is 2. The molecule has 1 atom stereocenters. The van der Waals surface area contributed by atoms with Gasteiger partial charge in [0.25, 0.3) is 5.91 Å². The first-order valence-electron chi connectivity index (χ1n) is 8.66. The molecule has 2 aromatic heterocycles. The minimum absolute atomic E-state index is 0.181. The Morgan fingerprint density at radius 1 is 1.44 bits per heavy atom. The van der Waals surface area contributed by atoms with E-state index in [1.165, 1.54) is 0 Å². The number of ether oxygens (including phenoxy) is 1. The zero-order valence-corrected chi connectivity index (χ0v) is 14.7. The molecule has 1 unspecified atom stereocenters. The molecule has 134 valence electrons. The van der Waals surface area contributed by atoms with Gasteiger partial charge in [-0.2, -0.15) is 0 Å². The highest BCUT2D eigenvalue weighted by molar-refractivity contribution is 5.93. The van der Waals surface area contributed by atoms with Crippen LogP contribution in [-0.2, 0) is 17.7 Å². The van der Waals surface area contributed by atoms with Crippen LogP contribution < -0.4 is 10.2 Å². The molecule has 1 aliphatic heterocycles. The van der Waals surface area contributed by atoms with E-state index in [2.05, 4.69) is 27.3 Å². The molecule has 1 amide bonds. The SMILES string of the molecule is CCCc1cc(CNC(=O)c2ccc(N(C)C3CCOC3)nc2)on1. The van der Waals surface area contributed by atoms with Gasteiger partial charge in [0.1, 0.15) is 5.82 Å². The van der Waals surface area contributed by atoms with Gasteiger partial charge in [-0.25, -0.2) is 4.98 Å². The van der Waals surface area contributed by atoms with Gasteiger partial charge in [-0.1, -0.05) is 18.5 Å². The Morgan fingerprint density at radius 3 is 3.00 bits per heavy atom. The second-order valence-corrected chi connectivity index (χ2v) is 6.25. The molecule has 25 heavy (non-hydrogen) atoms. The molecule has 7 heteroatoms. The number of hydrogen-bond donors (Lipinski definition) is 1. The number of rotatable bonds is 7. The van der Waals surface area contributed by atoms with E-state index in [0.29, 0.717) is 23.9 Å². The standard InChI is InChI=1S/C18H24N4O3/c1-3-4-14-9-16(25-21-14)11-20-18(23)13-5-6-17(19-10-13)22(2)15-7-8-24-12-15/h5-6,9-10,15H,3-4,7-8,11-12H2,1-2H3,(H,20,23). The number of carbonyl (C=O) groups excluding carboxylic acids is 1. The number of nitrogens with one attached hydrogen (secondary N) is 1. The van der Waals surface area contributed by atoms with Gasteiger partial charge < -0.3 is 19.5 Å². The summed E-state index contributed by atoms with van der Waals surface area (Å²) in [6.07, 6.45) is 4.48. The first-order valence-corrected chi connectivity index (χ1v) is 8.66. The minimum Gasteiger partial charge on any atom is -0.379 e. The lowest BCUT2D eigenvalue weighted by molar-refractivity contribution is 0.0946. The fourth-order valence-electron chi connectivity index (χ4n) is 2.83. The number of aryl methyl sites for hydroxylation is 1. The molecule has 0 radical (unpaired) electrons. The Hall–Kier alpha value is -2.41. The van der Waals surface area contributed by atoms with Crippen LogP contribution in [0, 0.1) is 0 Å². The van der Waals surface area contributed by atoms with Crippen molar-refractivity contribution in [1.82, 2.24) is 15.5 Å². The quantitative estimate of drug-likeness (QED) is 0.829. The molecule has 0 aliphatic carbocycles. The van der Waals surface area contributed by atoms with E-state index in [4.69, 9.17) is 9.26 Å². The Morgan fingerprint density at radius 2 is 2.32 bits per heavy atom. The summed E-state index contributed by atoms with van der Waals surface area (Å²) in [6.45, 7) is 3.91. The van der Waals surface area contributed by atoms with Crippen molar-refractivity contribution in [3.05, 3.63) is 41.4 Å². The third kappa shape index (κ3) is 4.36. The van der Waals surface area contributed by atoms with E-state index in [-0.39, 0.29) is 5.91 Å². The van der Waals surface area contributed by atoms with Crippen molar-refractivity contribution in [2.75, 3.05) is 25.2 Å². The maximum absolute atomic E-state index is 12.2. The third-order valence-corrected chi connectivity index (χ3v) is 4.36. The second-order valence-electron chi connectivity index (χ2n) is 6.25. The largest absolute Gasteiger partial charge is 0.379 e. The second kappa shape index (κ2) is 8.11. The predicted molar refractivity (Wildman–Crippen MR) is 93.5 cm³/mol. The molecule has 0 spiro atoms. The molecule has 0 aromatic carbocycles. The first-order chi connectivity index (χ1) is 12.2. The van der Waals surface area contributed by atoms with Gasteiger partial charge in [-0.15, -0.1) is 0 Å². The molecule has 1 saturated heterocycles. The summed E-state index contributed by atoms with van der Waals surface area (Å²) in [7, 11) is 2.00. The Labute approximate surface area is 147 Å². The summed E-state index contributed by atoms with van der Waals surface area (Å²) < 4.78 is 10.6. The topological polar surface area (TPSA) is 80.5 Å².